The van der Waals surface area contributed by atoms with Gasteiger partial charge in [0.15, 0.2) is 5.82 Å². The molecule has 0 unspecified atom stereocenters. The van der Waals surface area contributed by atoms with Gasteiger partial charge in [-0.3, -0.25) is 4.79 Å². The van der Waals surface area contributed by atoms with Gasteiger partial charge in [-0.05, 0) is 56.0 Å². The molecule has 0 spiro atoms. The average Bonchev–Trinajstić information content (AvgIpc) is 3.12. The molecular formula is C23H27N5OS. The highest BCUT2D eigenvalue weighted by atomic mass is 32.2. The van der Waals surface area contributed by atoms with Gasteiger partial charge in [-0.25, -0.2) is 4.68 Å². The Morgan fingerprint density at radius 1 is 1.10 bits per heavy atom. The lowest BCUT2D eigenvalue weighted by molar-refractivity contribution is -0.116. The third-order valence-electron chi connectivity index (χ3n) is 5.45. The number of nitrogens with zero attached hydrogens (tertiary/aromatic N) is 3. The number of thioether (sulfide) groups is 1. The van der Waals surface area contributed by atoms with Crippen LogP contribution in [0.4, 0.5) is 5.69 Å². The lowest BCUT2D eigenvalue weighted by atomic mass is 10.0. The molecule has 1 amide bonds. The van der Waals surface area contributed by atoms with E-state index >= 15 is 0 Å². The van der Waals surface area contributed by atoms with E-state index in [1.807, 2.05) is 22.9 Å². The lowest BCUT2D eigenvalue weighted by Gasteiger charge is -2.33. The normalized spacial score (nSPS) is 17.9. The Morgan fingerprint density at radius 3 is 2.57 bits per heavy atom. The standard InChI is InChI=1S/C23H27N5OS/c1-5-6-19-25-26-23-28(19)27-20(17-10-7-14(2)8-11-17)21(30-23)22(29)24-18-12-9-15(3)16(4)13-18/h7-13,20-21,27H,5-6H2,1-4H3,(H,24,29)/t20-,21-/m1/s1. The van der Waals surface area contributed by atoms with Crippen LogP contribution in [0.25, 0.3) is 0 Å². The predicted octanol–water partition coefficient (Wildman–Crippen LogP) is 4.55. The van der Waals surface area contributed by atoms with Gasteiger partial charge in [0, 0.05) is 12.1 Å². The van der Waals surface area contributed by atoms with Crippen molar-refractivity contribution in [2.75, 3.05) is 10.7 Å². The maximum absolute atomic E-state index is 13.3. The Labute approximate surface area is 181 Å². The molecule has 0 saturated heterocycles. The molecule has 1 aliphatic rings. The molecule has 0 radical (unpaired) electrons. The van der Waals surface area contributed by atoms with Gasteiger partial charge in [-0.2, -0.15) is 0 Å². The molecule has 0 bridgehead atoms. The number of aryl methyl sites for hydroxylation is 4. The van der Waals surface area contributed by atoms with Crippen molar-refractivity contribution in [3.63, 3.8) is 0 Å². The fourth-order valence-electron chi connectivity index (χ4n) is 3.54. The SMILES string of the molecule is CCCc1nnc2n1N[C@H](c1ccc(C)cc1)[C@H](C(=O)Nc1ccc(C)c(C)c1)S2. The molecule has 0 aliphatic carbocycles. The van der Waals surface area contributed by atoms with Crippen molar-refractivity contribution in [1.82, 2.24) is 14.9 Å². The molecule has 7 heteroatoms. The zero-order chi connectivity index (χ0) is 21.3. The van der Waals surface area contributed by atoms with Crippen molar-refractivity contribution < 1.29 is 4.79 Å². The Balaban J connectivity index is 1.66. The van der Waals surface area contributed by atoms with Crippen molar-refractivity contribution >= 4 is 23.4 Å². The number of amides is 1. The van der Waals surface area contributed by atoms with Crippen LogP contribution >= 0.6 is 11.8 Å². The molecule has 30 heavy (non-hydrogen) atoms. The molecule has 0 fully saturated rings. The predicted molar refractivity (Wildman–Crippen MR) is 121 cm³/mol. The molecule has 156 valence electrons. The van der Waals surface area contributed by atoms with Crippen LogP contribution in [0.5, 0.6) is 0 Å². The fraction of sp³-hybridized carbons (Fsp3) is 0.348. The number of hydrogen-bond acceptors (Lipinski definition) is 5. The van der Waals surface area contributed by atoms with E-state index in [2.05, 4.69) is 72.9 Å². The number of fused-ring (bicyclic) bond motifs is 1. The van der Waals surface area contributed by atoms with E-state index in [0.717, 1.165) is 40.6 Å². The molecule has 2 N–H and O–H groups in total. The summed E-state index contributed by atoms with van der Waals surface area (Å²) >= 11 is 1.46. The van der Waals surface area contributed by atoms with E-state index in [9.17, 15) is 4.79 Å². The van der Waals surface area contributed by atoms with Crippen LogP contribution in [0.1, 0.15) is 47.5 Å². The van der Waals surface area contributed by atoms with Crippen LogP contribution in [-0.2, 0) is 11.2 Å². The number of carbonyl (C=O) groups excluding carboxylic acids is 1. The third-order valence-corrected chi connectivity index (χ3v) is 6.66. The quantitative estimate of drug-likeness (QED) is 0.632. The van der Waals surface area contributed by atoms with Crippen molar-refractivity contribution in [2.24, 2.45) is 0 Å². The van der Waals surface area contributed by atoms with E-state index in [1.165, 1.54) is 22.9 Å². The summed E-state index contributed by atoms with van der Waals surface area (Å²) < 4.78 is 1.94. The van der Waals surface area contributed by atoms with Crippen LogP contribution in [0.2, 0.25) is 0 Å². The summed E-state index contributed by atoms with van der Waals surface area (Å²) in [6.45, 7) is 8.30. The maximum Gasteiger partial charge on any atom is 0.240 e. The minimum absolute atomic E-state index is 0.0485. The summed E-state index contributed by atoms with van der Waals surface area (Å²) in [5.41, 5.74) is 8.94. The molecule has 0 saturated carbocycles. The van der Waals surface area contributed by atoms with Crippen LogP contribution in [0, 0.1) is 20.8 Å². The fourth-order valence-corrected chi connectivity index (χ4v) is 4.64. The Bertz CT molecular complexity index is 1060. The Kier molecular flexibility index (Phi) is 5.81. The van der Waals surface area contributed by atoms with Crippen molar-refractivity contribution in [3.8, 4) is 0 Å². The molecular weight excluding hydrogens is 394 g/mol. The Hall–Kier alpha value is -2.80. The van der Waals surface area contributed by atoms with Crippen LogP contribution < -0.4 is 10.7 Å². The first-order chi connectivity index (χ1) is 14.5. The lowest BCUT2D eigenvalue weighted by Crippen LogP contribution is -2.41. The van der Waals surface area contributed by atoms with E-state index in [-0.39, 0.29) is 17.2 Å². The Morgan fingerprint density at radius 2 is 1.87 bits per heavy atom. The topological polar surface area (TPSA) is 71.8 Å². The summed E-state index contributed by atoms with van der Waals surface area (Å²) in [5, 5.41) is 12.1. The maximum atomic E-state index is 13.3. The van der Waals surface area contributed by atoms with Gasteiger partial charge < -0.3 is 10.7 Å². The number of benzene rings is 2. The summed E-state index contributed by atoms with van der Waals surface area (Å²) in [5.74, 6) is 0.845. The third kappa shape index (κ3) is 4.07. The van der Waals surface area contributed by atoms with E-state index < -0.39 is 0 Å². The minimum Gasteiger partial charge on any atom is -0.325 e. The summed E-state index contributed by atoms with van der Waals surface area (Å²) in [6, 6.07) is 14.1. The van der Waals surface area contributed by atoms with Gasteiger partial charge in [-0.1, -0.05) is 54.6 Å². The molecule has 1 aromatic heterocycles. The number of rotatable bonds is 5. The number of hydrogen-bond donors (Lipinski definition) is 2. The van der Waals surface area contributed by atoms with Crippen molar-refractivity contribution in [3.05, 3.63) is 70.5 Å². The smallest absolute Gasteiger partial charge is 0.240 e. The minimum atomic E-state index is -0.375. The molecule has 4 rings (SSSR count). The van der Waals surface area contributed by atoms with Crippen LogP contribution in [0.3, 0.4) is 0 Å². The van der Waals surface area contributed by atoms with E-state index in [0.29, 0.717) is 0 Å². The molecule has 2 aromatic carbocycles. The van der Waals surface area contributed by atoms with E-state index in [4.69, 9.17) is 0 Å². The van der Waals surface area contributed by atoms with E-state index in [1.54, 1.807) is 0 Å². The number of carbonyl (C=O) groups is 1. The second-order valence-electron chi connectivity index (χ2n) is 7.83. The van der Waals surface area contributed by atoms with Crippen LogP contribution in [0.15, 0.2) is 47.6 Å². The first-order valence-electron chi connectivity index (χ1n) is 10.3. The summed E-state index contributed by atoms with van der Waals surface area (Å²) in [6.07, 6.45) is 1.82. The number of nitrogens with one attached hydrogen (secondary N) is 2. The molecule has 1 aliphatic heterocycles. The van der Waals surface area contributed by atoms with Gasteiger partial charge in [0.05, 0.1) is 6.04 Å². The monoisotopic (exact) mass is 421 g/mol. The first-order valence-corrected chi connectivity index (χ1v) is 11.2. The molecule has 2 heterocycles. The second-order valence-corrected chi connectivity index (χ2v) is 8.94. The second kappa shape index (κ2) is 8.52. The number of anilines is 1. The molecule has 2 atom stereocenters. The van der Waals surface area contributed by atoms with Crippen molar-refractivity contribution in [2.45, 2.75) is 57.0 Å². The van der Waals surface area contributed by atoms with Crippen molar-refractivity contribution in [1.29, 1.82) is 0 Å². The van der Waals surface area contributed by atoms with Gasteiger partial charge >= 0.3 is 0 Å². The highest BCUT2D eigenvalue weighted by molar-refractivity contribution is 8.00. The van der Waals surface area contributed by atoms with Crippen LogP contribution in [-0.4, -0.2) is 26.0 Å². The summed E-state index contributed by atoms with van der Waals surface area (Å²) in [7, 11) is 0. The molecule has 3 aromatic rings. The summed E-state index contributed by atoms with van der Waals surface area (Å²) in [4.78, 5) is 13.3. The average molecular weight is 422 g/mol. The van der Waals surface area contributed by atoms with Gasteiger partial charge in [0.2, 0.25) is 11.1 Å². The number of aromatic nitrogens is 3. The first kappa shape index (κ1) is 20.5. The molecule has 6 nitrogen and oxygen atoms in total. The largest absolute Gasteiger partial charge is 0.325 e. The highest BCUT2D eigenvalue weighted by Gasteiger charge is 2.37. The highest BCUT2D eigenvalue weighted by Crippen LogP contribution is 2.37. The zero-order valence-electron chi connectivity index (χ0n) is 17.8. The zero-order valence-corrected chi connectivity index (χ0v) is 18.6. The van der Waals surface area contributed by atoms with Gasteiger partial charge in [0.1, 0.15) is 5.25 Å². The van der Waals surface area contributed by atoms with Gasteiger partial charge in [0.25, 0.3) is 0 Å². The van der Waals surface area contributed by atoms with Gasteiger partial charge in [-0.15, -0.1) is 10.2 Å².